The van der Waals surface area contributed by atoms with Crippen LogP contribution in [0.25, 0.3) is 27.7 Å². The predicted molar refractivity (Wildman–Crippen MR) is 87.3 cm³/mol. The minimum absolute atomic E-state index is 0.950. The molecule has 0 N–H and O–H groups in total. The van der Waals surface area contributed by atoms with Gasteiger partial charge in [0, 0.05) is 11.5 Å². The molecule has 2 heterocycles. The molecule has 0 amide bonds. The molecule has 0 bridgehead atoms. The molecule has 4 aromatic rings. The molecule has 2 heteroatoms. The number of benzene rings is 2. The van der Waals surface area contributed by atoms with Crippen molar-refractivity contribution in [1.82, 2.24) is 4.57 Å². The maximum absolute atomic E-state index is 5.94. The van der Waals surface area contributed by atoms with Gasteiger partial charge in [-0.05, 0) is 44.0 Å². The zero-order valence-corrected chi connectivity index (χ0v) is 12.5. The van der Waals surface area contributed by atoms with Gasteiger partial charge in [0.2, 0.25) is 0 Å². The van der Waals surface area contributed by atoms with Gasteiger partial charge in [0.1, 0.15) is 5.76 Å². The van der Waals surface area contributed by atoms with Gasteiger partial charge in [-0.1, -0.05) is 30.3 Å². The Labute approximate surface area is 123 Å². The van der Waals surface area contributed by atoms with Gasteiger partial charge in [-0.3, -0.25) is 0 Å². The van der Waals surface area contributed by atoms with Crippen molar-refractivity contribution in [1.29, 1.82) is 0 Å². The summed E-state index contributed by atoms with van der Waals surface area (Å²) in [4.78, 5) is 0. The Bertz CT molecular complexity index is 952. The average molecular weight is 275 g/mol. The van der Waals surface area contributed by atoms with Crippen LogP contribution < -0.4 is 0 Å². The number of furan rings is 1. The highest BCUT2D eigenvalue weighted by Gasteiger charge is 2.17. The molecule has 0 aliphatic rings. The van der Waals surface area contributed by atoms with E-state index in [9.17, 15) is 0 Å². The van der Waals surface area contributed by atoms with Gasteiger partial charge in [-0.2, -0.15) is 0 Å². The molecule has 0 radical (unpaired) electrons. The summed E-state index contributed by atoms with van der Waals surface area (Å²) in [5.41, 5.74) is 7.12. The number of aryl methyl sites for hydroxylation is 3. The summed E-state index contributed by atoms with van der Waals surface area (Å²) in [6.45, 7) is 6.33. The van der Waals surface area contributed by atoms with E-state index in [0.717, 1.165) is 16.9 Å². The summed E-state index contributed by atoms with van der Waals surface area (Å²) in [6, 6.07) is 17.0. The molecule has 0 aliphatic heterocycles. The normalized spacial score (nSPS) is 11.6. The first-order valence-electron chi connectivity index (χ1n) is 7.23. The van der Waals surface area contributed by atoms with Crippen LogP contribution in [0.4, 0.5) is 0 Å². The standard InChI is InChI=1S/C19H17NO/c1-12-7-6-8-13(2)18(12)20-16-10-5-4-9-15(16)19-17(20)11-14(3)21-19/h4-11H,1-3H3. The second-order valence-electron chi connectivity index (χ2n) is 5.66. The number of para-hydroxylation sites is 2. The Morgan fingerprint density at radius 2 is 1.52 bits per heavy atom. The first kappa shape index (κ1) is 12.3. The first-order chi connectivity index (χ1) is 10.2. The third-order valence-corrected chi connectivity index (χ3v) is 4.13. The van der Waals surface area contributed by atoms with Gasteiger partial charge in [0.15, 0.2) is 5.58 Å². The summed E-state index contributed by atoms with van der Waals surface area (Å²) in [6.07, 6.45) is 0. The molecular formula is C19H17NO. The number of fused-ring (bicyclic) bond motifs is 3. The molecule has 0 spiro atoms. The van der Waals surface area contributed by atoms with Gasteiger partial charge in [0.05, 0.1) is 16.7 Å². The Hall–Kier alpha value is -2.48. The van der Waals surface area contributed by atoms with Gasteiger partial charge in [-0.15, -0.1) is 0 Å². The monoisotopic (exact) mass is 275 g/mol. The molecule has 104 valence electrons. The minimum Gasteiger partial charge on any atom is -0.459 e. The lowest BCUT2D eigenvalue weighted by Crippen LogP contribution is -1.99. The van der Waals surface area contributed by atoms with Crippen LogP contribution in [-0.2, 0) is 0 Å². The van der Waals surface area contributed by atoms with E-state index in [0.29, 0.717) is 0 Å². The van der Waals surface area contributed by atoms with E-state index in [-0.39, 0.29) is 0 Å². The number of rotatable bonds is 1. The van der Waals surface area contributed by atoms with Crippen molar-refractivity contribution in [3.63, 3.8) is 0 Å². The van der Waals surface area contributed by atoms with Crippen molar-refractivity contribution in [2.24, 2.45) is 0 Å². The summed E-state index contributed by atoms with van der Waals surface area (Å²) in [5, 5.41) is 1.17. The van der Waals surface area contributed by atoms with E-state index in [1.54, 1.807) is 0 Å². The lowest BCUT2D eigenvalue weighted by Gasteiger charge is -2.13. The summed E-state index contributed by atoms with van der Waals surface area (Å²) in [7, 11) is 0. The van der Waals surface area contributed by atoms with E-state index in [4.69, 9.17) is 4.42 Å². The molecule has 0 atom stereocenters. The molecule has 0 saturated heterocycles. The number of hydrogen-bond acceptors (Lipinski definition) is 1. The van der Waals surface area contributed by atoms with Crippen LogP contribution in [0.5, 0.6) is 0 Å². The summed E-state index contributed by atoms with van der Waals surface area (Å²) < 4.78 is 8.27. The molecule has 0 fully saturated rings. The van der Waals surface area contributed by atoms with Crippen LogP contribution in [0.1, 0.15) is 16.9 Å². The third-order valence-electron chi connectivity index (χ3n) is 4.13. The van der Waals surface area contributed by atoms with Crippen LogP contribution in [-0.4, -0.2) is 4.57 Å². The summed E-state index contributed by atoms with van der Waals surface area (Å²) >= 11 is 0. The zero-order chi connectivity index (χ0) is 14.6. The van der Waals surface area contributed by atoms with Crippen molar-refractivity contribution >= 4 is 22.0 Å². The van der Waals surface area contributed by atoms with Crippen molar-refractivity contribution in [3.8, 4) is 5.69 Å². The number of nitrogens with zero attached hydrogens (tertiary/aromatic N) is 1. The van der Waals surface area contributed by atoms with E-state index in [1.165, 1.54) is 27.7 Å². The zero-order valence-electron chi connectivity index (χ0n) is 12.5. The van der Waals surface area contributed by atoms with E-state index in [1.807, 2.05) is 6.92 Å². The van der Waals surface area contributed by atoms with E-state index >= 15 is 0 Å². The molecule has 0 unspecified atom stereocenters. The van der Waals surface area contributed by atoms with E-state index in [2.05, 4.69) is 66.9 Å². The fraction of sp³-hybridized carbons (Fsp3) is 0.158. The largest absolute Gasteiger partial charge is 0.459 e. The lowest BCUT2D eigenvalue weighted by molar-refractivity contribution is 0.581. The highest BCUT2D eigenvalue weighted by atomic mass is 16.3. The lowest BCUT2D eigenvalue weighted by atomic mass is 10.1. The van der Waals surface area contributed by atoms with Crippen molar-refractivity contribution < 1.29 is 4.42 Å². The maximum atomic E-state index is 5.94. The second kappa shape index (κ2) is 4.26. The smallest absolute Gasteiger partial charge is 0.160 e. The SMILES string of the molecule is Cc1cc2c(o1)c1ccccc1n2-c1c(C)cccc1C. The minimum atomic E-state index is 0.950. The van der Waals surface area contributed by atoms with Crippen molar-refractivity contribution in [2.75, 3.05) is 0 Å². The maximum Gasteiger partial charge on any atom is 0.160 e. The summed E-state index contributed by atoms with van der Waals surface area (Å²) in [5.74, 6) is 0.950. The molecular weight excluding hydrogens is 258 g/mol. The molecule has 0 aliphatic carbocycles. The second-order valence-corrected chi connectivity index (χ2v) is 5.66. The topological polar surface area (TPSA) is 18.1 Å². The molecule has 4 rings (SSSR count). The van der Waals surface area contributed by atoms with Crippen LogP contribution in [0.15, 0.2) is 52.9 Å². The number of hydrogen-bond donors (Lipinski definition) is 0. The molecule has 2 aromatic carbocycles. The van der Waals surface area contributed by atoms with Gasteiger partial charge < -0.3 is 8.98 Å². The third kappa shape index (κ3) is 1.65. The van der Waals surface area contributed by atoms with Crippen molar-refractivity contribution in [2.45, 2.75) is 20.8 Å². The Morgan fingerprint density at radius 1 is 0.810 bits per heavy atom. The number of aromatic nitrogens is 1. The van der Waals surface area contributed by atoms with Crippen LogP contribution in [0.2, 0.25) is 0 Å². The van der Waals surface area contributed by atoms with Gasteiger partial charge in [0.25, 0.3) is 0 Å². The fourth-order valence-corrected chi connectivity index (χ4v) is 3.25. The molecule has 2 nitrogen and oxygen atoms in total. The van der Waals surface area contributed by atoms with Crippen LogP contribution >= 0.6 is 0 Å². The average Bonchev–Trinajstić information content (AvgIpc) is 2.96. The Morgan fingerprint density at radius 3 is 2.29 bits per heavy atom. The fourth-order valence-electron chi connectivity index (χ4n) is 3.25. The van der Waals surface area contributed by atoms with Crippen LogP contribution in [0.3, 0.4) is 0 Å². The van der Waals surface area contributed by atoms with Gasteiger partial charge in [-0.25, -0.2) is 0 Å². The molecule has 0 saturated carbocycles. The molecule has 21 heavy (non-hydrogen) atoms. The highest BCUT2D eigenvalue weighted by molar-refractivity contribution is 6.06. The van der Waals surface area contributed by atoms with Gasteiger partial charge >= 0.3 is 0 Å². The first-order valence-corrected chi connectivity index (χ1v) is 7.23. The quantitative estimate of drug-likeness (QED) is 0.461. The predicted octanol–water partition coefficient (Wildman–Crippen LogP) is 5.30. The van der Waals surface area contributed by atoms with E-state index < -0.39 is 0 Å². The highest BCUT2D eigenvalue weighted by Crippen LogP contribution is 2.35. The van der Waals surface area contributed by atoms with Crippen LogP contribution in [0, 0.1) is 20.8 Å². The van der Waals surface area contributed by atoms with Crippen molar-refractivity contribution in [3.05, 3.63) is 65.4 Å². The Balaban J connectivity index is 2.25. The molecule has 2 aromatic heterocycles. The Kier molecular flexibility index (Phi) is 2.49.